The first-order valence-electron chi connectivity index (χ1n) is 4.60. The van der Waals surface area contributed by atoms with E-state index < -0.39 is 17.2 Å². The molecule has 0 aliphatic heterocycles. The van der Waals surface area contributed by atoms with Crippen LogP contribution in [-0.2, 0) is 0 Å². The summed E-state index contributed by atoms with van der Waals surface area (Å²) in [5, 5.41) is 3.75. The highest BCUT2D eigenvalue weighted by Crippen LogP contribution is 2.13. The topological polar surface area (TPSA) is 34.9 Å². The lowest BCUT2D eigenvalue weighted by molar-refractivity contribution is 0.499. The van der Waals surface area contributed by atoms with E-state index in [1.165, 1.54) is 24.4 Å². The van der Waals surface area contributed by atoms with E-state index in [0.29, 0.717) is 5.56 Å². The predicted molar refractivity (Wildman–Crippen MR) is 54.5 cm³/mol. The SMILES string of the molecule is Cc1cnn(-c2cccc(F)c2F)c(=O)c1. The molecule has 0 aliphatic rings. The van der Waals surface area contributed by atoms with Crippen LogP contribution in [0.1, 0.15) is 5.56 Å². The maximum atomic E-state index is 13.4. The Morgan fingerprint density at radius 1 is 1.31 bits per heavy atom. The lowest BCUT2D eigenvalue weighted by atomic mass is 10.3. The molecule has 1 heterocycles. The second kappa shape index (κ2) is 3.84. The van der Waals surface area contributed by atoms with Crippen molar-refractivity contribution in [2.45, 2.75) is 6.92 Å². The fourth-order valence-electron chi connectivity index (χ4n) is 1.34. The van der Waals surface area contributed by atoms with Crippen molar-refractivity contribution < 1.29 is 8.78 Å². The molecule has 0 N–H and O–H groups in total. The van der Waals surface area contributed by atoms with Crippen molar-refractivity contribution in [1.82, 2.24) is 9.78 Å². The standard InChI is InChI=1S/C11H8F2N2O/c1-7-5-10(16)15(14-6-7)9-4-2-3-8(12)11(9)13/h2-6H,1H3. The second-order valence-corrected chi connectivity index (χ2v) is 3.36. The minimum atomic E-state index is -1.08. The van der Waals surface area contributed by atoms with Crippen LogP contribution in [0.15, 0.2) is 35.3 Å². The summed E-state index contributed by atoms with van der Waals surface area (Å²) in [6.07, 6.45) is 1.41. The Balaban J connectivity index is 2.68. The zero-order chi connectivity index (χ0) is 11.7. The molecule has 0 unspecified atom stereocenters. The van der Waals surface area contributed by atoms with Gasteiger partial charge in [-0.2, -0.15) is 9.78 Å². The maximum absolute atomic E-state index is 13.4. The van der Waals surface area contributed by atoms with Crippen LogP contribution in [0.3, 0.4) is 0 Å². The molecular formula is C11H8F2N2O. The first-order valence-corrected chi connectivity index (χ1v) is 4.60. The van der Waals surface area contributed by atoms with Crippen LogP contribution in [0, 0.1) is 18.6 Å². The van der Waals surface area contributed by atoms with E-state index in [1.807, 2.05) is 0 Å². The summed E-state index contributed by atoms with van der Waals surface area (Å²) in [5.74, 6) is -2.09. The van der Waals surface area contributed by atoms with Gasteiger partial charge in [0.05, 0.1) is 6.20 Å². The number of nitrogens with zero attached hydrogens (tertiary/aromatic N) is 2. The van der Waals surface area contributed by atoms with Gasteiger partial charge in [-0.25, -0.2) is 8.78 Å². The second-order valence-electron chi connectivity index (χ2n) is 3.36. The first kappa shape index (κ1) is 10.5. The number of hydrogen-bond donors (Lipinski definition) is 0. The highest BCUT2D eigenvalue weighted by atomic mass is 19.2. The van der Waals surface area contributed by atoms with Crippen molar-refractivity contribution in [2.24, 2.45) is 0 Å². The molecule has 2 aromatic rings. The van der Waals surface area contributed by atoms with Gasteiger partial charge in [0, 0.05) is 6.07 Å². The largest absolute Gasteiger partial charge is 0.271 e. The Hall–Kier alpha value is -2.04. The van der Waals surface area contributed by atoms with Gasteiger partial charge in [0.1, 0.15) is 5.69 Å². The highest BCUT2D eigenvalue weighted by molar-refractivity contribution is 5.33. The maximum Gasteiger partial charge on any atom is 0.271 e. The Bertz CT molecular complexity index is 593. The third kappa shape index (κ3) is 1.71. The first-order chi connectivity index (χ1) is 7.59. The smallest absolute Gasteiger partial charge is 0.267 e. The molecule has 0 saturated carbocycles. The molecular weight excluding hydrogens is 214 g/mol. The summed E-state index contributed by atoms with van der Waals surface area (Å²) in [7, 11) is 0. The molecule has 3 nitrogen and oxygen atoms in total. The van der Waals surface area contributed by atoms with Crippen LogP contribution < -0.4 is 5.56 Å². The number of halogens is 2. The van der Waals surface area contributed by atoms with Crippen LogP contribution in [-0.4, -0.2) is 9.78 Å². The normalized spacial score (nSPS) is 10.4. The summed E-state index contributed by atoms with van der Waals surface area (Å²) in [6, 6.07) is 4.90. The molecule has 0 radical (unpaired) electrons. The third-order valence-electron chi connectivity index (χ3n) is 2.10. The number of aromatic nitrogens is 2. The van der Waals surface area contributed by atoms with Gasteiger partial charge in [0.25, 0.3) is 5.56 Å². The van der Waals surface area contributed by atoms with Crippen molar-refractivity contribution >= 4 is 0 Å². The molecule has 1 aromatic heterocycles. The van der Waals surface area contributed by atoms with Crippen molar-refractivity contribution in [1.29, 1.82) is 0 Å². The van der Waals surface area contributed by atoms with Gasteiger partial charge < -0.3 is 0 Å². The van der Waals surface area contributed by atoms with Gasteiger partial charge in [-0.1, -0.05) is 6.07 Å². The number of hydrogen-bond acceptors (Lipinski definition) is 2. The molecule has 1 aromatic carbocycles. The fraction of sp³-hybridized carbons (Fsp3) is 0.0909. The minimum absolute atomic E-state index is 0.190. The van der Waals surface area contributed by atoms with E-state index in [9.17, 15) is 13.6 Å². The molecule has 2 rings (SSSR count). The number of rotatable bonds is 1. The molecule has 0 saturated heterocycles. The summed E-state index contributed by atoms with van der Waals surface area (Å²) < 4.78 is 27.2. The van der Waals surface area contributed by atoms with E-state index in [2.05, 4.69) is 5.10 Å². The van der Waals surface area contributed by atoms with Crippen LogP contribution >= 0.6 is 0 Å². The lowest BCUT2D eigenvalue weighted by Gasteiger charge is -2.05. The lowest BCUT2D eigenvalue weighted by Crippen LogP contribution is -2.21. The Morgan fingerprint density at radius 2 is 2.06 bits per heavy atom. The van der Waals surface area contributed by atoms with Crippen LogP contribution in [0.25, 0.3) is 5.69 Å². The number of benzene rings is 1. The molecule has 0 fully saturated rings. The van der Waals surface area contributed by atoms with Gasteiger partial charge in [0.2, 0.25) is 0 Å². The predicted octanol–water partition coefficient (Wildman–Crippen LogP) is 1.82. The summed E-state index contributed by atoms with van der Waals surface area (Å²) in [4.78, 5) is 11.5. The minimum Gasteiger partial charge on any atom is -0.267 e. The summed E-state index contributed by atoms with van der Waals surface area (Å²) in [5.41, 5.74) is -0.0208. The van der Waals surface area contributed by atoms with Gasteiger partial charge >= 0.3 is 0 Å². The van der Waals surface area contributed by atoms with E-state index in [4.69, 9.17) is 0 Å². The van der Waals surface area contributed by atoms with Crippen LogP contribution in [0.4, 0.5) is 8.78 Å². The summed E-state index contributed by atoms with van der Waals surface area (Å²) >= 11 is 0. The Labute approximate surface area is 90.0 Å². The third-order valence-corrected chi connectivity index (χ3v) is 2.10. The average molecular weight is 222 g/mol. The van der Waals surface area contributed by atoms with E-state index >= 15 is 0 Å². The van der Waals surface area contributed by atoms with Crippen molar-refractivity contribution in [2.75, 3.05) is 0 Å². The van der Waals surface area contributed by atoms with Gasteiger partial charge in [-0.3, -0.25) is 4.79 Å². The van der Waals surface area contributed by atoms with Crippen LogP contribution in [0.2, 0.25) is 0 Å². The molecule has 0 amide bonds. The Morgan fingerprint density at radius 3 is 2.75 bits per heavy atom. The molecule has 5 heteroatoms. The quantitative estimate of drug-likeness (QED) is 0.737. The van der Waals surface area contributed by atoms with E-state index in [1.54, 1.807) is 6.92 Å². The monoisotopic (exact) mass is 222 g/mol. The van der Waals surface area contributed by atoms with Crippen molar-refractivity contribution in [3.05, 3.63) is 58.0 Å². The Kier molecular flexibility index (Phi) is 2.52. The molecule has 0 aliphatic carbocycles. The zero-order valence-electron chi connectivity index (χ0n) is 8.45. The molecule has 82 valence electrons. The molecule has 0 atom stereocenters. The zero-order valence-corrected chi connectivity index (χ0v) is 8.45. The highest BCUT2D eigenvalue weighted by Gasteiger charge is 2.11. The van der Waals surface area contributed by atoms with Gasteiger partial charge in [0.15, 0.2) is 11.6 Å². The summed E-state index contributed by atoms with van der Waals surface area (Å²) in [6.45, 7) is 1.70. The van der Waals surface area contributed by atoms with Gasteiger partial charge in [-0.05, 0) is 24.6 Å². The van der Waals surface area contributed by atoms with Crippen molar-refractivity contribution in [3.8, 4) is 5.69 Å². The van der Waals surface area contributed by atoms with Gasteiger partial charge in [-0.15, -0.1) is 0 Å². The van der Waals surface area contributed by atoms with E-state index in [0.717, 1.165) is 10.7 Å². The molecule has 16 heavy (non-hydrogen) atoms. The number of aryl methyl sites for hydroxylation is 1. The average Bonchev–Trinajstić information content (AvgIpc) is 2.23. The molecule has 0 bridgehead atoms. The molecule has 0 spiro atoms. The van der Waals surface area contributed by atoms with Crippen LogP contribution in [0.5, 0.6) is 0 Å². The van der Waals surface area contributed by atoms with Crippen molar-refractivity contribution in [3.63, 3.8) is 0 Å². The fourth-order valence-corrected chi connectivity index (χ4v) is 1.34. The van der Waals surface area contributed by atoms with E-state index in [-0.39, 0.29) is 5.69 Å².